The van der Waals surface area contributed by atoms with Gasteiger partial charge in [0.2, 0.25) is 0 Å². The second-order valence-electron chi connectivity index (χ2n) is 6.34. The molecular weight excluding hydrogens is 324 g/mol. The molecule has 1 N–H and O–H groups in total. The van der Waals surface area contributed by atoms with Gasteiger partial charge in [0.25, 0.3) is 0 Å². The van der Waals surface area contributed by atoms with Gasteiger partial charge in [0.1, 0.15) is 13.2 Å². The Bertz CT molecular complexity index is 800. The Morgan fingerprint density at radius 3 is 1.81 bits per heavy atom. The van der Waals surface area contributed by atoms with Gasteiger partial charge in [0, 0.05) is 12.5 Å². The fraction of sp³-hybridized carbons (Fsp3) is 0.217. The van der Waals surface area contributed by atoms with Crippen molar-refractivity contribution in [1.29, 1.82) is 0 Å². The standard InChI is InChI=1S/C23H24O3/c1-18(15-24)21-12-13-22(25-16-19-8-4-2-5-9-19)23(14-21)26-17-20-10-6-3-7-11-20/h2-14,18,24H,15-17H2,1H3. The Labute approximate surface area is 154 Å². The van der Waals surface area contributed by atoms with E-state index in [-0.39, 0.29) is 12.5 Å². The molecule has 0 saturated carbocycles. The van der Waals surface area contributed by atoms with Crippen molar-refractivity contribution in [2.45, 2.75) is 26.1 Å². The van der Waals surface area contributed by atoms with E-state index in [1.807, 2.05) is 85.8 Å². The predicted molar refractivity (Wildman–Crippen MR) is 103 cm³/mol. The Hall–Kier alpha value is -2.78. The molecule has 1 atom stereocenters. The highest BCUT2D eigenvalue weighted by atomic mass is 16.5. The lowest BCUT2D eigenvalue weighted by Gasteiger charge is -2.16. The van der Waals surface area contributed by atoms with Crippen LogP contribution in [-0.2, 0) is 13.2 Å². The van der Waals surface area contributed by atoms with Crippen LogP contribution in [0.15, 0.2) is 78.9 Å². The predicted octanol–water partition coefficient (Wildman–Crippen LogP) is 4.94. The molecule has 3 nitrogen and oxygen atoms in total. The molecule has 3 rings (SSSR count). The molecule has 0 aliphatic heterocycles. The summed E-state index contributed by atoms with van der Waals surface area (Å²) in [6, 6.07) is 26.0. The molecule has 26 heavy (non-hydrogen) atoms. The van der Waals surface area contributed by atoms with E-state index in [1.54, 1.807) is 0 Å². The van der Waals surface area contributed by atoms with Crippen molar-refractivity contribution in [2.24, 2.45) is 0 Å². The molecule has 0 aromatic heterocycles. The molecule has 3 aromatic rings. The van der Waals surface area contributed by atoms with E-state index >= 15 is 0 Å². The molecule has 0 heterocycles. The van der Waals surface area contributed by atoms with Gasteiger partial charge in [-0.25, -0.2) is 0 Å². The van der Waals surface area contributed by atoms with Gasteiger partial charge in [-0.3, -0.25) is 0 Å². The molecule has 0 amide bonds. The second-order valence-corrected chi connectivity index (χ2v) is 6.34. The Morgan fingerprint density at radius 1 is 0.731 bits per heavy atom. The van der Waals surface area contributed by atoms with Crippen molar-refractivity contribution in [2.75, 3.05) is 6.61 Å². The van der Waals surface area contributed by atoms with Crippen molar-refractivity contribution < 1.29 is 14.6 Å². The third-order valence-electron chi connectivity index (χ3n) is 4.28. The van der Waals surface area contributed by atoms with Crippen molar-refractivity contribution in [1.82, 2.24) is 0 Å². The van der Waals surface area contributed by atoms with E-state index in [4.69, 9.17) is 9.47 Å². The van der Waals surface area contributed by atoms with Crippen LogP contribution in [0.5, 0.6) is 11.5 Å². The molecule has 134 valence electrons. The molecule has 0 fully saturated rings. The van der Waals surface area contributed by atoms with Gasteiger partial charge < -0.3 is 14.6 Å². The third kappa shape index (κ3) is 4.87. The minimum absolute atomic E-state index is 0.0530. The monoisotopic (exact) mass is 348 g/mol. The summed E-state index contributed by atoms with van der Waals surface area (Å²) in [5.74, 6) is 1.46. The van der Waals surface area contributed by atoms with Gasteiger partial charge >= 0.3 is 0 Å². The van der Waals surface area contributed by atoms with Crippen LogP contribution in [0.4, 0.5) is 0 Å². The first-order valence-corrected chi connectivity index (χ1v) is 8.84. The Kier molecular flexibility index (Phi) is 6.29. The maximum atomic E-state index is 9.44. The SMILES string of the molecule is CC(CO)c1ccc(OCc2ccccc2)c(OCc2ccccc2)c1. The molecule has 3 aromatic carbocycles. The van der Waals surface area contributed by atoms with Crippen molar-refractivity contribution >= 4 is 0 Å². The lowest BCUT2D eigenvalue weighted by atomic mass is 10.0. The number of aliphatic hydroxyl groups is 1. The third-order valence-corrected chi connectivity index (χ3v) is 4.28. The summed E-state index contributed by atoms with van der Waals surface area (Å²) >= 11 is 0. The second kappa shape index (κ2) is 9.07. The summed E-state index contributed by atoms with van der Waals surface area (Å²) in [5, 5.41) is 9.44. The minimum atomic E-state index is 0.0530. The number of benzene rings is 3. The van der Waals surface area contributed by atoms with Crippen LogP contribution in [-0.4, -0.2) is 11.7 Å². The number of rotatable bonds is 8. The normalized spacial score (nSPS) is 11.8. The molecule has 0 aliphatic carbocycles. The highest BCUT2D eigenvalue weighted by Gasteiger charge is 2.11. The largest absolute Gasteiger partial charge is 0.485 e. The van der Waals surface area contributed by atoms with E-state index in [2.05, 4.69) is 0 Å². The zero-order valence-electron chi connectivity index (χ0n) is 15.0. The van der Waals surface area contributed by atoms with Gasteiger partial charge in [-0.05, 0) is 28.8 Å². The van der Waals surface area contributed by atoms with E-state index in [0.717, 1.165) is 16.7 Å². The Balaban J connectivity index is 1.77. The first kappa shape index (κ1) is 18.0. The van der Waals surface area contributed by atoms with Crippen LogP contribution in [0.25, 0.3) is 0 Å². The van der Waals surface area contributed by atoms with Crippen LogP contribution in [0, 0.1) is 0 Å². The lowest BCUT2D eigenvalue weighted by molar-refractivity contribution is 0.253. The van der Waals surface area contributed by atoms with E-state index < -0.39 is 0 Å². The smallest absolute Gasteiger partial charge is 0.161 e. The van der Waals surface area contributed by atoms with Gasteiger partial charge in [0.05, 0.1) is 0 Å². The minimum Gasteiger partial charge on any atom is -0.485 e. The molecule has 3 heteroatoms. The molecule has 0 aliphatic rings. The summed E-state index contributed by atoms with van der Waals surface area (Å²) in [6.07, 6.45) is 0. The van der Waals surface area contributed by atoms with Crippen LogP contribution in [0.1, 0.15) is 29.5 Å². The summed E-state index contributed by atoms with van der Waals surface area (Å²) in [6.45, 7) is 3.04. The molecule has 0 spiro atoms. The molecule has 1 unspecified atom stereocenters. The van der Waals surface area contributed by atoms with Crippen LogP contribution >= 0.6 is 0 Å². The van der Waals surface area contributed by atoms with E-state index in [0.29, 0.717) is 24.7 Å². The number of hydrogen-bond donors (Lipinski definition) is 1. The molecule has 0 saturated heterocycles. The van der Waals surface area contributed by atoms with Crippen LogP contribution in [0.3, 0.4) is 0 Å². The highest BCUT2D eigenvalue weighted by Crippen LogP contribution is 2.32. The maximum absolute atomic E-state index is 9.44. The highest BCUT2D eigenvalue weighted by molar-refractivity contribution is 5.44. The summed E-state index contributed by atoms with van der Waals surface area (Å²) < 4.78 is 12.0. The fourth-order valence-electron chi connectivity index (χ4n) is 2.64. The lowest BCUT2D eigenvalue weighted by Crippen LogP contribution is -2.03. The average Bonchev–Trinajstić information content (AvgIpc) is 2.72. The maximum Gasteiger partial charge on any atom is 0.161 e. The first-order valence-electron chi connectivity index (χ1n) is 8.84. The zero-order valence-corrected chi connectivity index (χ0v) is 15.0. The molecule has 0 bridgehead atoms. The quantitative estimate of drug-likeness (QED) is 0.626. The fourth-order valence-corrected chi connectivity index (χ4v) is 2.64. The average molecular weight is 348 g/mol. The molecule has 0 radical (unpaired) electrons. The van der Waals surface area contributed by atoms with Crippen molar-refractivity contribution in [3.63, 3.8) is 0 Å². The zero-order chi connectivity index (χ0) is 18.2. The number of aliphatic hydroxyl groups excluding tert-OH is 1. The number of ether oxygens (including phenoxy) is 2. The van der Waals surface area contributed by atoms with Crippen LogP contribution in [0.2, 0.25) is 0 Å². The molecular formula is C23H24O3. The topological polar surface area (TPSA) is 38.7 Å². The van der Waals surface area contributed by atoms with Crippen LogP contribution < -0.4 is 9.47 Å². The summed E-state index contributed by atoms with van der Waals surface area (Å²) in [7, 11) is 0. The van der Waals surface area contributed by atoms with Gasteiger partial charge in [-0.2, -0.15) is 0 Å². The summed E-state index contributed by atoms with van der Waals surface area (Å²) in [5.41, 5.74) is 3.24. The van der Waals surface area contributed by atoms with Gasteiger partial charge in [0.15, 0.2) is 11.5 Å². The summed E-state index contributed by atoms with van der Waals surface area (Å²) in [4.78, 5) is 0. The van der Waals surface area contributed by atoms with E-state index in [1.165, 1.54) is 0 Å². The first-order chi connectivity index (χ1) is 12.8. The van der Waals surface area contributed by atoms with Gasteiger partial charge in [-0.1, -0.05) is 73.7 Å². The van der Waals surface area contributed by atoms with Crippen molar-refractivity contribution in [3.8, 4) is 11.5 Å². The van der Waals surface area contributed by atoms with Crippen molar-refractivity contribution in [3.05, 3.63) is 95.6 Å². The number of hydrogen-bond acceptors (Lipinski definition) is 3. The van der Waals surface area contributed by atoms with E-state index in [9.17, 15) is 5.11 Å². The van der Waals surface area contributed by atoms with Gasteiger partial charge in [-0.15, -0.1) is 0 Å². The Morgan fingerprint density at radius 2 is 1.27 bits per heavy atom.